The molecule has 0 radical (unpaired) electrons. The summed E-state index contributed by atoms with van der Waals surface area (Å²) in [6.45, 7) is 9.38. The van der Waals surface area contributed by atoms with Crippen molar-refractivity contribution in [3.8, 4) is 0 Å². The molecule has 1 spiro atoms. The van der Waals surface area contributed by atoms with Gasteiger partial charge in [-0.1, -0.05) is 0 Å². The minimum Gasteiger partial charge on any atom is -0.444 e. The molecule has 5 nitrogen and oxygen atoms in total. The van der Waals surface area contributed by atoms with Crippen LogP contribution in [-0.2, 0) is 4.74 Å². The van der Waals surface area contributed by atoms with E-state index in [1.807, 2.05) is 32.6 Å². The normalized spacial score (nSPS) is 21.3. The van der Waals surface area contributed by atoms with Crippen LogP contribution in [0.25, 0.3) is 0 Å². The maximum atomic E-state index is 12.1. The van der Waals surface area contributed by atoms with Crippen molar-refractivity contribution < 1.29 is 9.53 Å². The van der Waals surface area contributed by atoms with Gasteiger partial charge in [-0.2, -0.15) is 5.10 Å². The number of piperidine rings is 1. The molecule has 23 heavy (non-hydrogen) atoms. The molecular weight excluding hydrogens is 358 g/mol. The maximum absolute atomic E-state index is 12.1. The molecule has 6 heteroatoms. The Morgan fingerprint density at radius 3 is 2.43 bits per heavy atom. The summed E-state index contributed by atoms with van der Waals surface area (Å²) < 4.78 is 8.65. The molecular formula is C17H26BrN3O2. The van der Waals surface area contributed by atoms with Crippen LogP contribution in [0.15, 0.2) is 10.7 Å². The Kier molecular flexibility index (Phi) is 4.23. The van der Waals surface area contributed by atoms with Crippen LogP contribution in [0, 0.1) is 12.3 Å². The van der Waals surface area contributed by atoms with E-state index in [1.54, 1.807) is 0 Å². The van der Waals surface area contributed by atoms with Gasteiger partial charge in [0.2, 0.25) is 0 Å². The van der Waals surface area contributed by atoms with E-state index in [-0.39, 0.29) is 6.09 Å². The molecule has 1 aromatic rings. The molecule has 0 N–H and O–H groups in total. The Labute approximate surface area is 146 Å². The number of hydrogen-bond donors (Lipinski definition) is 0. The van der Waals surface area contributed by atoms with E-state index in [1.165, 1.54) is 12.8 Å². The largest absolute Gasteiger partial charge is 0.444 e. The van der Waals surface area contributed by atoms with E-state index in [0.29, 0.717) is 11.5 Å². The monoisotopic (exact) mass is 383 g/mol. The quantitative estimate of drug-likeness (QED) is 0.725. The highest BCUT2D eigenvalue weighted by Gasteiger charge is 2.47. The van der Waals surface area contributed by atoms with Crippen LogP contribution in [-0.4, -0.2) is 39.5 Å². The molecule has 1 aliphatic carbocycles. The van der Waals surface area contributed by atoms with Crippen molar-refractivity contribution in [1.82, 2.24) is 14.7 Å². The van der Waals surface area contributed by atoms with E-state index in [2.05, 4.69) is 31.9 Å². The summed E-state index contributed by atoms with van der Waals surface area (Å²) >= 11 is 3.53. The molecule has 1 saturated carbocycles. The zero-order valence-corrected chi connectivity index (χ0v) is 16.0. The van der Waals surface area contributed by atoms with Gasteiger partial charge in [-0.05, 0) is 74.7 Å². The summed E-state index contributed by atoms with van der Waals surface area (Å²) in [5.41, 5.74) is 1.03. The second kappa shape index (κ2) is 5.80. The van der Waals surface area contributed by atoms with Crippen molar-refractivity contribution in [3.63, 3.8) is 0 Å². The van der Waals surface area contributed by atoms with Crippen LogP contribution in [0.1, 0.15) is 58.2 Å². The summed E-state index contributed by atoms with van der Waals surface area (Å²) in [4.78, 5) is 14.0. The number of carbonyl (C=O) groups is 1. The van der Waals surface area contributed by atoms with Gasteiger partial charge in [-0.3, -0.25) is 4.68 Å². The number of amides is 1. The van der Waals surface area contributed by atoms with Crippen molar-refractivity contribution >= 4 is 22.0 Å². The predicted molar refractivity (Wildman–Crippen MR) is 92.4 cm³/mol. The van der Waals surface area contributed by atoms with Gasteiger partial charge >= 0.3 is 6.09 Å². The zero-order chi connectivity index (χ0) is 16.8. The molecule has 1 aromatic heterocycles. The topological polar surface area (TPSA) is 47.4 Å². The number of likely N-dealkylation sites (tertiary alicyclic amines) is 1. The average molecular weight is 384 g/mol. The Hall–Kier alpha value is -1.04. The SMILES string of the molecule is Cc1nn(C2CC3(CCN(C(=O)OC(C)(C)C)CC3)C2)cc1Br. The Bertz CT molecular complexity index is 570. The third kappa shape index (κ3) is 3.57. The molecule has 0 unspecified atom stereocenters. The van der Waals surface area contributed by atoms with Gasteiger partial charge in [0.15, 0.2) is 0 Å². The lowest BCUT2D eigenvalue weighted by molar-refractivity contribution is -0.0259. The summed E-state index contributed by atoms with van der Waals surface area (Å²) in [5.74, 6) is 0. The number of hydrogen-bond acceptors (Lipinski definition) is 3. The van der Waals surface area contributed by atoms with E-state index in [4.69, 9.17) is 4.74 Å². The second-order valence-electron chi connectivity index (χ2n) is 8.07. The standard InChI is InChI=1S/C17H26BrN3O2/c1-12-14(18)11-21(19-12)13-9-17(10-13)5-7-20(8-6-17)15(22)23-16(2,3)4/h11,13H,5-10H2,1-4H3. The van der Waals surface area contributed by atoms with E-state index >= 15 is 0 Å². The van der Waals surface area contributed by atoms with Gasteiger partial charge in [0.1, 0.15) is 5.60 Å². The van der Waals surface area contributed by atoms with Crippen molar-refractivity contribution in [1.29, 1.82) is 0 Å². The first-order valence-electron chi connectivity index (χ1n) is 8.37. The molecule has 0 bridgehead atoms. The average Bonchev–Trinajstić information content (AvgIpc) is 2.74. The van der Waals surface area contributed by atoms with E-state index in [9.17, 15) is 4.79 Å². The number of halogens is 1. The summed E-state index contributed by atoms with van der Waals surface area (Å²) in [5, 5.41) is 4.58. The second-order valence-corrected chi connectivity index (χ2v) is 8.93. The lowest BCUT2D eigenvalue weighted by Gasteiger charge is -2.52. The summed E-state index contributed by atoms with van der Waals surface area (Å²) in [6.07, 6.45) is 6.40. The molecule has 3 rings (SSSR count). The number of nitrogens with zero attached hydrogens (tertiary/aromatic N) is 3. The molecule has 1 amide bonds. The molecule has 2 fully saturated rings. The lowest BCUT2D eigenvalue weighted by atomic mass is 9.60. The van der Waals surface area contributed by atoms with Crippen molar-refractivity contribution in [3.05, 3.63) is 16.4 Å². The van der Waals surface area contributed by atoms with Gasteiger partial charge < -0.3 is 9.64 Å². The first-order valence-corrected chi connectivity index (χ1v) is 9.16. The highest BCUT2D eigenvalue weighted by atomic mass is 79.9. The number of ether oxygens (including phenoxy) is 1. The lowest BCUT2D eigenvalue weighted by Crippen LogP contribution is -2.50. The summed E-state index contributed by atoms with van der Waals surface area (Å²) in [6, 6.07) is 0.507. The van der Waals surface area contributed by atoms with Gasteiger partial charge in [0.25, 0.3) is 0 Å². The van der Waals surface area contributed by atoms with Crippen LogP contribution in [0.2, 0.25) is 0 Å². The van der Waals surface area contributed by atoms with Gasteiger partial charge in [0, 0.05) is 19.3 Å². The fourth-order valence-electron chi connectivity index (χ4n) is 3.67. The predicted octanol–water partition coefficient (Wildman–Crippen LogP) is 4.31. The van der Waals surface area contributed by atoms with Gasteiger partial charge in [-0.25, -0.2) is 4.79 Å². The maximum Gasteiger partial charge on any atom is 0.410 e. The number of rotatable bonds is 1. The van der Waals surface area contributed by atoms with E-state index in [0.717, 1.165) is 36.1 Å². The first kappa shape index (κ1) is 16.8. The van der Waals surface area contributed by atoms with Gasteiger partial charge in [0.05, 0.1) is 16.2 Å². The number of aromatic nitrogens is 2. The molecule has 128 valence electrons. The van der Waals surface area contributed by atoms with E-state index < -0.39 is 5.60 Å². The van der Waals surface area contributed by atoms with Crippen molar-refractivity contribution in [2.45, 2.75) is 65.0 Å². The minimum atomic E-state index is -0.418. The van der Waals surface area contributed by atoms with Crippen molar-refractivity contribution in [2.75, 3.05) is 13.1 Å². The highest BCUT2D eigenvalue weighted by Crippen LogP contribution is 2.54. The first-order chi connectivity index (χ1) is 10.7. The highest BCUT2D eigenvalue weighted by molar-refractivity contribution is 9.10. The smallest absolute Gasteiger partial charge is 0.410 e. The molecule has 2 aliphatic rings. The molecule has 0 aromatic carbocycles. The Morgan fingerprint density at radius 2 is 1.96 bits per heavy atom. The van der Waals surface area contributed by atoms with Crippen molar-refractivity contribution in [2.24, 2.45) is 5.41 Å². The van der Waals surface area contributed by atoms with Crippen LogP contribution in [0.4, 0.5) is 4.79 Å². The molecule has 2 heterocycles. The molecule has 0 atom stereocenters. The fraction of sp³-hybridized carbons (Fsp3) is 0.765. The minimum absolute atomic E-state index is 0.171. The summed E-state index contributed by atoms with van der Waals surface area (Å²) in [7, 11) is 0. The number of carbonyl (C=O) groups excluding carboxylic acids is 1. The fourth-order valence-corrected chi connectivity index (χ4v) is 3.96. The van der Waals surface area contributed by atoms with Crippen LogP contribution >= 0.6 is 15.9 Å². The Balaban J connectivity index is 1.51. The van der Waals surface area contributed by atoms with Crippen LogP contribution in [0.5, 0.6) is 0 Å². The third-order valence-corrected chi connectivity index (χ3v) is 5.82. The van der Waals surface area contributed by atoms with Crippen LogP contribution < -0.4 is 0 Å². The molecule has 1 aliphatic heterocycles. The third-order valence-electron chi connectivity index (χ3n) is 5.04. The van der Waals surface area contributed by atoms with Gasteiger partial charge in [-0.15, -0.1) is 0 Å². The van der Waals surface area contributed by atoms with Crippen LogP contribution in [0.3, 0.4) is 0 Å². The number of aryl methyl sites for hydroxylation is 1. The molecule has 1 saturated heterocycles. The zero-order valence-electron chi connectivity index (χ0n) is 14.4. The Morgan fingerprint density at radius 1 is 1.35 bits per heavy atom.